The van der Waals surface area contributed by atoms with Crippen LogP contribution in [0.3, 0.4) is 0 Å². The largest absolute Gasteiger partial charge is 0.497 e. The molecular formula is C19H21N5O3. The molecule has 2 heterocycles. The monoisotopic (exact) mass is 367 g/mol. The van der Waals surface area contributed by atoms with Crippen LogP contribution in [0.1, 0.15) is 30.1 Å². The molecule has 8 nitrogen and oxygen atoms in total. The zero-order valence-electron chi connectivity index (χ0n) is 15.3. The molecule has 0 atom stereocenters. The van der Waals surface area contributed by atoms with Crippen LogP contribution in [0, 0.1) is 6.92 Å². The molecule has 0 fully saturated rings. The van der Waals surface area contributed by atoms with Crippen molar-refractivity contribution in [2.75, 3.05) is 7.11 Å². The number of ether oxygens (including phenoxy) is 1. The van der Waals surface area contributed by atoms with Crippen molar-refractivity contribution in [2.45, 2.75) is 32.7 Å². The number of aromatic nitrogens is 4. The van der Waals surface area contributed by atoms with Crippen molar-refractivity contribution < 1.29 is 14.1 Å². The zero-order valence-corrected chi connectivity index (χ0v) is 15.3. The average molecular weight is 367 g/mol. The minimum atomic E-state index is -0.0510. The summed E-state index contributed by atoms with van der Waals surface area (Å²) in [4.78, 5) is 24.7. The van der Waals surface area contributed by atoms with Gasteiger partial charge in [-0.2, -0.15) is 4.98 Å². The summed E-state index contributed by atoms with van der Waals surface area (Å²) in [6, 6.07) is 7.45. The third kappa shape index (κ3) is 5.34. The standard InChI is InChI=1S/C19H21N5O3/c1-13-10-21-15(11-20-13)12-22-17(25)7-4-8-18-23-19(24-27-18)14-5-3-6-16(9-14)26-2/h3,5-6,9-11H,4,7-8,12H2,1-2H3,(H,22,25). The predicted octanol–water partition coefficient (Wildman–Crippen LogP) is 2.48. The number of nitrogens with one attached hydrogen (secondary N) is 1. The molecule has 1 amide bonds. The molecule has 8 heteroatoms. The highest BCUT2D eigenvalue weighted by Gasteiger charge is 2.10. The number of aryl methyl sites for hydroxylation is 2. The second kappa shape index (κ2) is 8.88. The van der Waals surface area contributed by atoms with E-state index in [4.69, 9.17) is 9.26 Å². The molecule has 0 unspecified atom stereocenters. The summed E-state index contributed by atoms with van der Waals surface area (Å²) in [5.74, 6) is 1.69. The summed E-state index contributed by atoms with van der Waals surface area (Å²) < 4.78 is 10.5. The molecule has 0 aliphatic heterocycles. The highest BCUT2D eigenvalue weighted by Crippen LogP contribution is 2.21. The Bertz CT molecular complexity index is 892. The fourth-order valence-electron chi connectivity index (χ4n) is 2.42. The van der Waals surface area contributed by atoms with E-state index in [9.17, 15) is 4.79 Å². The van der Waals surface area contributed by atoms with Gasteiger partial charge in [0.05, 0.1) is 31.2 Å². The molecule has 0 aliphatic carbocycles. The van der Waals surface area contributed by atoms with Gasteiger partial charge in [0.15, 0.2) is 0 Å². The van der Waals surface area contributed by atoms with Crippen LogP contribution in [-0.2, 0) is 17.8 Å². The van der Waals surface area contributed by atoms with Crippen LogP contribution < -0.4 is 10.1 Å². The third-order valence-electron chi connectivity index (χ3n) is 3.89. The minimum Gasteiger partial charge on any atom is -0.497 e. The van der Waals surface area contributed by atoms with Gasteiger partial charge >= 0.3 is 0 Å². The van der Waals surface area contributed by atoms with Gasteiger partial charge in [0.25, 0.3) is 0 Å². The van der Waals surface area contributed by atoms with Crippen LogP contribution in [0.15, 0.2) is 41.2 Å². The average Bonchev–Trinajstić information content (AvgIpc) is 3.16. The van der Waals surface area contributed by atoms with Gasteiger partial charge in [-0.25, -0.2) is 0 Å². The molecule has 0 saturated carbocycles. The van der Waals surface area contributed by atoms with E-state index in [1.807, 2.05) is 31.2 Å². The molecule has 1 N–H and O–H groups in total. The van der Waals surface area contributed by atoms with Gasteiger partial charge in [-0.05, 0) is 25.5 Å². The molecule has 0 spiro atoms. The van der Waals surface area contributed by atoms with Crippen LogP contribution in [0.4, 0.5) is 0 Å². The van der Waals surface area contributed by atoms with E-state index in [0.29, 0.717) is 37.5 Å². The molecule has 0 aliphatic rings. The Morgan fingerprint density at radius 2 is 2.15 bits per heavy atom. The number of hydrogen-bond acceptors (Lipinski definition) is 7. The first-order chi connectivity index (χ1) is 13.1. The quantitative estimate of drug-likeness (QED) is 0.652. The van der Waals surface area contributed by atoms with Gasteiger partial charge in [-0.3, -0.25) is 14.8 Å². The van der Waals surface area contributed by atoms with E-state index in [-0.39, 0.29) is 5.91 Å². The van der Waals surface area contributed by atoms with Gasteiger partial charge in [-0.15, -0.1) is 0 Å². The number of carbonyl (C=O) groups is 1. The maximum atomic E-state index is 11.9. The van der Waals surface area contributed by atoms with E-state index in [2.05, 4.69) is 25.4 Å². The second-order valence-corrected chi connectivity index (χ2v) is 6.02. The summed E-state index contributed by atoms with van der Waals surface area (Å²) in [7, 11) is 1.61. The lowest BCUT2D eigenvalue weighted by atomic mass is 10.2. The topological polar surface area (TPSA) is 103 Å². The molecule has 27 heavy (non-hydrogen) atoms. The first-order valence-electron chi connectivity index (χ1n) is 8.65. The minimum absolute atomic E-state index is 0.0510. The van der Waals surface area contributed by atoms with Crippen molar-refractivity contribution in [1.29, 1.82) is 0 Å². The fourth-order valence-corrected chi connectivity index (χ4v) is 2.42. The summed E-state index contributed by atoms with van der Waals surface area (Å²) in [6.07, 6.45) is 4.86. The highest BCUT2D eigenvalue weighted by atomic mass is 16.5. The Balaban J connectivity index is 1.44. The Morgan fingerprint density at radius 3 is 2.93 bits per heavy atom. The van der Waals surface area contributed by atoms with Crippen molar-refractivity contribution in [3.8, 4) is 17.1 Å². The van der Waals surface area contributed by atoms with Crippen molar-refractivity contribution in [1.82, 2.24) is 25.4 Å². The van der Waals surface area contributed by atoms with Crippen LogP contribution in [-0.4, -0.2) is 33.1 Å². The number of hydrogen-bond donors (Lipinski definition) is 1. The Labute approximate surface area is 157 Å². The molecule has 3 aromatic rings. The molecule has 2 aromatic heterocycles. The first kappa shape index (κ1) is 18.5. The Kier molecular flexibility index (Phi) is 6.09. The fraction of sp³-hybridized carbons (Fsp3) is 0.316. The van der Waals surface area contributed by atoms with Crippen LogP contribution in [0.25, 0.3) is 11.4 Å². The molecule has 0 bridgehead atoms. The van der Waals surface area contributed by atoms with Gasteiger partial charge in [0, 0.05) is 24.6 Å². The molecule has 3 rings (SSSR count). The van der Waals surface area contributed by atoms with Crippen molar-refractivity contribution in [3.05, 3.63) is 53.9 Å². The summed E-state index contributed by atoms with van der Waals surface area (Å²) in [5.41, 5.74) is 2.40. The van der Waals surface area contributed by atoms with E-state index < -0.39 is 0 Å². The summed E-state index contributed by atoms with van der Waals surface area (Å²) >= 11 is 0. The number of rotatable bonds is 8. The number of nitrogens with zero attached hydrogens (tertiary/aromatic N) is 4. The molecule has 0 saturated heterocycles. The van der Waals surface area contributed by atoms with E-state index in [1.165, 1.54) is 0 Å². The van der Waals surface area contributed by atoms with E-state index in [0.717, 1.165) is 22.7 Å². The number of methoxy groups -OCH3 is 1. The summed E-state index contributed by atoms with van der Waals surface area (Å²) in [6.45, 7) is 2.24. The predicted molar refractivity (Wildman–Crippen MR) is 97.8 cm³/mol. The number of benzene rings is 1. The van der Waals surface area contributed by atoms with E-state index in [1.54, 1.807) is 19.5 Å². The lowest BCUT2D eigenvalue weighted by molar-refractivity contribution is -0.121. The first-order valence-corrected chi connectivity index (χ1v) is 8.65. The summed E-state index contributed by atoms with van der Waals surface area (Å²) in [5, 5.41) is 6.81. The number of carbonyl (C=O) groups excluding carboxylic acids is 1. The molecule has 0 radical (unpaired) electrons. The van der Waals surface area contributed by atoms with Crippen LogP contribution in [0.5, 0.6) is 5.75 Å². The SMILES string of the molecule is COc1cccc(-c2noc(CCCC(=O)NCc3cnc(C)cn3)n2)c1. The van der Waals surface area contributed by atoms with Crippen molar-refractivity contribution in [3.63, 3.8) is 0 Å². The van der Waals surface area contributed by atoms with Gasteiger partial charge < -0.3 is 14.6 Å². The second-order valence-electron chi connectivity index (χ2n) is 6.02. The lowest BCUT2D eigenvalue weighted by Gasteiger charge is -2.04. The van der Waals surface area contributed by atoms with Crippen LogP contribution in [0.2, 0.25) is 0 Å². The van der Waals surface area contributed by atoms with Gasteiger partial charge in [-0.1, -0.05) is 17.3 Å². The molecular weight excluding hydrogens is 346 g/mol. The highest BCUT2D eigenvalue weighted by molar-refractivity contribution is 5.75. The van der Waals surface area contributed by atoms with Crippen molar-refractivity contribution in [2.24, 2.45) is 0 Å². The van der Waals surface area contributed by atoms with Crippen molar-refractivity contribution >= 4 is 5.91 Å². The smallest absolute Gasteiger partial charge is 0.226 e. The zero-order chi connectivity index (χ0) is 19.1. The van der Waals surface area contributed by atoms with Crippen LogP contribution >= 0.6 is 0 Å². The lowest BCUT2D eigenvalue weighted by Crippen LogP contribution is -2.23. The normalized spacial score (nSPS) is 10.6. The number of amides is 1. The Hall–Kier alpha value is -3.29. The molecule has 1 aromatic carbocycles. The maximum absolute atomic E-state index is 11.9. The van der Waals surface area contributed by atoms with E-state index >= 15 is 0 Å². The maximum Gasteiger partial charge on any atom is 0.226 e. The van der Waals surface area contributed by atoms with Gasteiger partial charge in [0.1, 0.15) is 5.75 Å². The Morgan fingerprint density at radius 1 is 1.26 bits per heavy atom. The third-order valence-corrected chi connectivity index (χ3v) is 3.89. The molecule has 140 valence electrons. The van der Waals surface area contributed by atoms with Gasteiger partial charge in [0.2, 0.25) is 17.6 Å².